The van der Waals surface area contributed by atoms with Gasteiger partial charge in [0.05, 0.1) is 11.6 Å². The third kappa shape index (κ3) is 5.49. The first-order valence-electron chi connectivity index (χ1n) is 13.2. The predicted octanol–water partition coefficient (Wildman–Crippen LogP) is 4.70. The van der Waals surface area contributed by atoms with Gasteiger partial charge >= 0.3 is 0 Å². The summed E-state index contributed by atoms with van der Waals surface area (Å²) >= 11 is 6.14. The number of hydrogen-bond acceptors (Lipinski definition) is 7. The molecule has 210 valence electrons. The first-order valence-corrected chi connectivity index (χ1v) is 15.1. The molecular formula is C29H33ClN6O3S. The van der Waals surface area contributed by atoms with Gasteiger partial charge in [0.25, 0.3) is 0 Å². The molecule has 4 aromatic rings. The van der Waals surface area contributed by atoms with Crippen LogP contribution in [0, 0.1) is 5.92 Å². The topological polar surface area (TPSA) is 125 Å². The molecule has 1 aliphatic rings. The van der Waals surface area contributed by atoms with Gasteiger partial charge < -0.3 is 15.5 Å². The van der Waals surface area contributed by atoms with Crippen molar-refractivity contribution < 1.29 is 13.2 Å². The molecule has 5 rings (SSSR count). The number of aromatic nitrogens is 3. The minimum atomic E-state index is -3.89. The van der Waals surface area contributed by atoms with Crippen LogP contribution in [0.2, 0.25) is 5.02 Å². The van der Waals surface area contributed by atoms with Gasteiger partial charge in [-0.2, -0.15) is 4.31 Å². The predicted molar refractivity (Wildman–Crippen MR) is 159 cm³/mol. The third-order valence-corrected chi connectivity index (χ3v) is 9.84. The lowest BCUT2D eigenvalue weighted by Crippen LogP contribution is -2.60. The number of nitrogens with zero attached hydrogens (tertiary/aromatic N) is 4. The van der Waals surface area contributed by atoms with E-state index in [4.69, 9.17) is 17.3 Å². The quantitative estimate of drug-likeness (QED) is 0.217. The molecule has 11 heteroatoms. The van der Waals surface area contributed by atoms with Gasteiger partial charge in [0.15, 0.2) is 0 Å². The highest BCUT2D eigenvalue weighted by Gasteiger charge is 2.42. The van der Waals surface area contributed by atoms with Gasteiger partial charge in [0.1, 0.15) is 23.7 Å². The van der Waals surface area contributed by atoms with Crippen LogP contribution >= 0.6 is 11.6 Å². The number of hydrogen-bond donors (Lipinski definition) is 2. The molecule has 9 nitrogen and oxygen atoms in total. The summed E-state index contributed by atoms with van der Waals surface area (Å²) in [6, 6.07) is 12.1. The standard InChI is InChI=1S/C29H33ClN6O3S/c1-4-28(27-12-20-11-21(30)6-8-25(20)34-27)40(38,39)35-14-22(9-18(2)3)36(23(15-35)16-37)13-19-5-7-24-26(10-19)32-17-33-29(24)31/h4-8,10-12,16-18,22-23,28,34H,1,9,13-15H2,2-3H3,(H2,31,32,33). The number of sulfonamides is 1. The molecule has 0 radical (unpaired) electrons. The highest BCUT2D eigenvalue weighted by atomic mass is 35.5. The van der Waals surface area contributed by atoms with Gasteiger partial charge in [-0.05, 0) is 54.3 Å². The Morgan fingerprint density at radius 1 is 1.18 bits per heavy atom. The Kier molecular flexibility index (Phi) is 7.96. The molecule has 1 fully saturated rings. The summed E-state index contributed by atoms with van der Waals surface area (Å²) in [4.78, 5) is 26.1. The van der Waals surface area contributed by atoms with Crippen LogP contribution in [0.25, 0.3) is 21.8 Å². The van der Waals surface area contributed by atoms with Crippen molar-refractivity contribution in [1.82, 2.24) is 24.2 Å². The summed E-state index contributed by atoms with van der Waals surface area (Å²) in [7, 11) is -3.89. The van der Waals surface area contributed by atoms with E-state index < -0.39 is 21.3 Å². The van der Waals surface area contributed by atoms with Crippen LogP contribution in [0.4, 0.5) is 5.82 Å². The van der Waals surface area contributed by atoms with Crippen molar-refractivity contribution in [3.63, 3.8) is 0 Å². The van der Waals surface area contributed by atoms with Crippen molar-refractivity contribution >= 4 is 55.5 Å². The highest BCUT2D eigenvalue weighted by molar-refractivity contribution is 7.89. The molecule has 0 spiro atoms. The average Bonchev–Trinajstić information content (AvgIpc) is 3.31. The molecule has 1 aliphatic heterocycles. The number of fused-ring (bicyclic) bond motifs is 2. The summed E-state index contributed by atoms with van der Waals surface area (Å²) in [5.74, 6) is 0.703. The Morgan fingerprint density at radius 2 is 1.98 bits per heavy atom. The second-order valence-corrected chi connectivity index (χ2v) is 13.2. The molecule has 3 atom stereocenters. The normalized spacial score (nSPS) is 19.8. The van der Waals surface area contributed by atoms with Crippen LogP contribution in [-0.2, 0) is 21.4 Å². The Balaban J connectivity index is 1.45. The van der Waals surface area contributed by atoms with Crippen LogP contribution in [-0.4, -0.2) is 64.0 Å². The average molecular weight is 581 g/mol. The molecule has 2 aromatic heterocycles. The maximum Gasteiger partial charge on any atom is 0.226 e. The number of nitrogens with two attached hydrogens (primary N) is 1. The van der Waals surface area contributed by atoms with Gasteiger partial charge in [0.2, 0.25) is 10.0 Å². The molecule has 0 aliphatic carbocycles. The molecule has 0 amide bonds. The molecule has 0 bridgehead atoms. The monoisotopic (exact) mass is 580 g/mol. The summed E-state index contributed by atoms with van der Waals surface area (Å²) in [5.41, 5.74) is 8.97. The van der Waals surface area contributed by atoms with Crippen LogP contribution in [0.15, 0.2) is 61.4 Å². The van der Waals surface area contributed by atoms with Crippen molar-refractivity contribution in [2.24, 2.45) is 5.92 Å². The van der Waals surface area contributed by atoms with Crippen LogP contribution in [0.3, 0.4) is 0 Å². The Morgan fingerprint density at radius 3 is 2.70 bits per heavy atom. The van der Waals surface area contributed by atoms with Crippen molar-refractivity contribution in [3.05, 3.63) is 77.7 Å². The van der Waals surface area contributed by atoms with Crippen molar-refractivity contribution in [2.75, 3.05) is 18.8 Å². The van der Waals surface area contributed by atoms with Crippen molar-refractivity contribution in [3.8, 4) is 0 Å². The zero-order chi connectivity index (χ0) is 28.6. The molecule has 1 saturated heterocycles. The first-order chi connectivity index (χ1) is 19.1. The van der Waals surface area contributed by atoms with Crippen molar-refractivity contribution in [2.45, 2.75) is 44.1 Å². The lowest BCUT2D eigenvalue weighted by atomic mass is 9.97. The summed E-state index contributed by atoms with van der Waals surface area (Å²) in [6.45, 7) is 8.83. The van der Waals surface area contributed by atoms with E-state index in [0.29, 0.717) is 29.0 Å². The van der Waals surface area contributed by atoms with E-state index >= 15 is 0 Å². The molecular weight excluding hydrogens is 548 g/mol. The summed E-state index contributed by atoms with van der Waals surface area (Å²) < 4.78 is 29.5. The lowest BCUT2D eigenvalue weighted by molar-refractivity contribution is -0.116. The molecule has 3 heterocycles. The van der Waals surface area contributed by atoms with Gasteiger partial charge in [-0.3, -0.25) is 4.90 Å². The number of rotatable bonds is 9. The van der Waals surface area contributed by atoms with E-state index in [1.165, 1.54) is 16.7 Å². The zero-order valence-electron chi connectivity index (χ0n) is 22.5. The zero-order valence-corrected chi connectivity index (χ0v) is 24.1. The molecule has 3 N–H and O–H groups in total. The SMILES string of the molecule is C=CC(c1cc2cc(Cl)ccc2[nH]1)S(=O)(=O)N1CC(C=O)N(Cc2ccc3c(N)ncnc3c2)C(CC(C)C)C1. The second-order valence-electron chi connectivity index (χ2n) is 10.7. The fourth-order valence-electron chi connectivity index (χ4n) is 5.61. The van der Waals surface area contributed by atoms with E-state index in [1.54, 1.807) is 18.2 Å². The van der Waals surface area contributed by atoms with Crippen LogP contribution < -0.4 is 5.73 Å². The minimum Gasteiger partial charge on any atom is -0.383 e. The van der Waals surface area contributed by atoms with Gasteiger partial charge in [0, 0.05) is 52.7 Å². The number of H-pyrrole nitrogens is 1. The van der Waals surface area contributed by atoms with Gasteiger partial charge in [-0.25, -0.2) is 18.4 Å². The van der Waals surface area contributed by atoms with Gasteiger partial charge in [-0.15, -0.1) is 6.58 Å². The van der Waals surface area contributed by atoms with Crippen LogP contribution in [0.1, 0.15) is 36.8 Å². The number of benzene rings is 2. The Bertz CT molecular complexity index is 1670. The second kappa shape index (κ2) is 11.3. The number of carbonyl (C=O) groups excluding carboxylic acids is 1. The number of anilines is 1. The number of carbonyl (C=O) groups is 1. The number of halogens is 1. The number of nitrogens with one attached hydrogen (secondary N) is 1. The third-order valence-electron chi connectivity index (χ3n) is 7.50. The fraction of sp³-hybridized carbons (Fsp3) is 0.345. The van der Waals surface area contributed by atoms with E-state index in [0.717, 1.165) is 40.1 Å². The van der Waals surface area contributed by atoms with Crippen molar-refractivity contribution in [1.29, 1.82) is 0 Å². The summed E-state index contributed by atoms with van der Waals surface area (Å²) in [6.07, 6.45) is 4.44. The first kappa shape index (κ1) is 28.2. The van der Waals surface area contributed by atoms with E-state index in [9.17, 15) is 13.2 Å². The molecule has 40 heavy (non-hydrogen) atoms. The minimum absolute atomic E-state index is 0.0551. The van der Waals surface area contributed by atoms with E-state index in [1.807, 2.05) is 24.3 Å². The van der Waals surface area contributed by atoms with E-state index in [2.05, 4.69) is 40.3 Å². The van der Waals surface area contributed by atoms with Gasteiger partial charge in [-0.1, -0.05) is 37.6 Å². The van der Waals surface area contributed by atoms with Crippen LogP contribution in [0.5, 0.6) is 0 Å². The number of aldehydes is 1. The fourth-order valence-corrected chi connectivity index (χ4v) is 7.54. The Labute approximate surface area is 239 Å². The largest absolute Gasteiger partial charge is 0.383 e. The Hall–Kier alpha value is -3.31. The maximum absolute atomic E-state index is 14.0. The number of aromatic amines is 1. The number of piperazine rings is 1. The number of nitrogen functional groups attached to an aromatic ring is 1. The highest BCUT2D eigenvalue weighted by Crippen LogP contribution is 2.33. The maximum atomic E-state index is 14.0. The molecule has 2 aromatic carbocycles. The lowest BCUT2D eigenvalue weighted by Gasteiger charge is -2.45. The molecule has 0 saturated carbocycles. The summed E-state index contributed by atoms with van der Waals surface area (Å²) in [5, 5.41) is 1.16. The smallest absolute Gasteiger partial charge is 0.226 e. The molecule has 3 unspecified atom stereocenters. The van der Waals surface area contributed by atoms with E-state index in [-0.39, 0.29) is 19.1 Å².